The van der Waals surface area contributed by atoms with Crippen molar-refractivity contribution in [3.05, 3.63) is 29.8 Å². The van der Waals surface area contributed by atoms with Gasteiger partial charge in [0.25, 0.3) is 5.91 Å². The third-order valence-electron chi connectivity index (χ3n) is 2.79. The van der Waals surface area contributed by atoms with Gasteiger partial charge in [-0.1, -0.05) is 6.92 Å². The van der Waals surface area contributed by atoms with Gasteiger partial charge in [0.05, 0.1) is 0 Å². The van der Waals surface area contributed by atoms with E-state index in [9.17, 15) is 9.59 Å². The maximum absolute atomic E-state index is 11.7. The highest BCUT2D eigenvalue weighted by Gasteiger charge is 2.06. The van der Waals surface area contributed by atoms with E-state index in [1.165, 1.54) is 0 Å². The molecule has 1 atom stereocenters. The van der Waals surface area contributed by atoms with Gasteiger partial charge in [-0.05, 0) is 44.0 Å². The molecular formula is C15H23N3O2. The summed E-state index contributed by atoms with van der Waals surface area (Å²) in [7, 11) is 0. The standard InChI is InChI=1S/C15H23N3O2/c1-3-10-17-15(20)12-5-7-13(8-6-12)18-14(19)9-4-11(2)16/h5-8,11H,3-4,9-10,16H2,1-2H3,(H,17,20)(H,18,19). The number of amides is 2. The fraction of sp³-hybridized carbons (Fsp3) is 0.467. The molecule has 1 rings (SSSR count). The van der Waals surface area contributed by atoms with Gasteiger partial charge in [0, 0.05) is 30.3 Å². The van der Waals surface area contributed by atoms with Crippen LogP contribution in [0.4, 0.5) is 5.69 Å². The number of nitrogens with two attached hydrogens (primary N) is 1. The molecule has 0 radical (unpaired) electrons. The third kappa shape index (κ3) is 5.84. The summed E-state index contributed by atoms with van der Waals surface area (Å²) >= 11 is 0. The lowest BCUT2D eigenvalue weighted by Gasteiger charge is -2.08. The van der Waals surface area contributed by atoms with Crippen LogP contribution in [-0.2, 0) is 4.79 Å². The van der Waals surface area contributed by atoms with Crippen molar-refractivity contribution >= 4 is 17.5 Å². The number of nitrogens with one attached hydrogen (secondary N) is 2. The van der Waals surface area contributed by atoms with Crippen molar-refractivity contribution in [1.82, 2.24) is 5.32 Å². The second-order valence-corrected chi connectivity index (χ2v) is 4.90. The monoisotopic (exact) mass is 277 g/mol. The molecule has 20 heavy (non-hydrogen) atoms. The molecule has 5 nitrogen and oxygen atoms in total. The minimum Gasteiger partial charge on any atom is -0.352 e. The Hall–Kier alpha value is -1.88. The molecule has 1 aromatic rings. The van der Waals surface area contributed by atoms with Crippen molar-refractivity contribution in [2.24, 2.45) is 5.73 Å². The first kappa shape index (κ1) is 16.2. The number of rotatable bonds is 7. The van der Waals surface area contributed by atoms with Crippen LogP contribution in [0.3, 0.4) is 0 Å². The molecule has 0 heterocycles. The minimum absolute atomic E-state index is 0.0189. The lowest BCUT2D eigenvalue weighted by atomic mass is 10.1. The third-order valence-corrected chi connectivity index (χ3v) is 2.79. The Labute approximate surface area is 119 Å². The van der Waals surface area contributed by atoms with E-state index in [-0.39, 0.29) is 17.9 Å². The van der Waals surface area contributed by atoms with Gasteiger partial charge in [-0.2, -0.15) is 0 Å². The second kappa shape index (κ2) is 8.32. The van der Waals surface area contributed by atoms with E-state index in [2.05, 4.69) is 10.6 Å². The predicted molar refractivity (Wildman–Crippen MR) is 80.6 cm³/mol. The second-order valence-electron chi connectivity index (χ2n) is 4.90. The first-order valence-electron chi connectivity index (χ1n) is 6.96. The molecule has 0 aliphatic rings. The molecule has 1 aromatic carbocycles. The molecule has 2 amide bonds. The van der Waals surface area contributed by atoms with Crippen LogP contribution in [-0.4, -0.2) is 24.4 Å². The first-order chi connectivity index (χ1) is 9.52. The SMILES string of the molecule is CCCNC(=O)c1ccc(NC(=O)CCC(C)N)cc1. The Morgan fingerprint density at radius 3 is 2.45 bits per heavy atom. The largest absolute Gasteiger partial charge is 0.352 e. The van der Waals surface area contributed by atoms with Gasteiger partial charge in [-0.25, -0.2) is 0 Å². The van der Waals surface area contributed by atoms with Gasteiger partial charge in [-0.15, -0.1) is 0 Å². The average molecular weight is 277 g/mol. The van der Waals surface area contributed by atoms with Crippen molar-refractivity contribution < 1.29 is 9.59 Å². The molecule has 110 valence electrons. The number of carbonyl (C=O) groups is 2. The van der Waals surface area contributed by atoms with Gasteiger partial charge in [0.1, 0.15) is 0 Å². The predicted octanol–water partition coefficient (Wildman–Crippen LogP) is 1.89. The molecule has 0 aromatic heterocycles. The molecule has 0 bridgehead atoms. The quantitative estimate of drug-likeness (QED) is 0.711. The van der Waals surface area contributed by atoms with Crippen molar-refractivity contribution in [2.45, 2.75) is 39.2 Å². The molecule has 0 aliphatic carbocycles. The van der Waals surface area contributed by atoms with Crippen LogP contribution >= 0.6 is 0 Å². The highest BCUT2D eigenvalue weighted by molar-refractivity contribution is 5.95. The minimum atomic E-state index is -0.0957. The van der Waals surface area contributed by atoms with Crippen molar-refractivity contribution in [1.29, 1.82) is 0 Å². The van der Waals surface area contributed by atoms with E-state index in [0.29, 0.717) is 30.6 Å². The molecule has 4 N–H and O–H groups in total. The molecule has 0 saturated heterocycles. The Morgan fingerprint density at radius 2 is 1.90 bits per heavy atom. The zero-order valence-electron chi connectivity index (χ0n) is 12.1. The summed E-state index contributed by atoms with van der Waals surface area (Å²) in [6, 6.07) is 6.87. The normalized spacial score (nSPS) is 11.8. The Kier molecular flexibility index (Phi) is 6.73. The van der Waals surface area contributed by atoms with E-state index in [1.807, 2.05) is 13.8 Å². The molecule has 0 fully saturated rings. The average Bonchev–Trinajstić information content (AvgIpc) is 2.43. The zero-order chi connectivity index (χ0) is 15.0. The van der Waals surface area contributed by atoms with Gasteiger partial charge in [0.2, 0.25) is 5.91 Å². The van der Waals surface area contributed by atoms with E-state index in [1.54, 1.807) is 24.3 Å². The first-order valence-corrected chi connectivity index (χ1v) is 6.96. The summed E-state index contributed by atoms with van der Waals surface area (Å²) in [6.07, 6.45) is 1.96. The van der Waals surface area contributed by atoms with Crippen LogP contribution < -0.4 is 16.4 Å². The molecule has 0 spiro atoms. The number of hydrogen-bond donors (Lipinski definition) is 3. The van der Waals surface area contributed by atoms with Gasteiger partial charge in [-0.3, -0.25) is 9.59 Å². The van der Waals surface area contributed by atoms with E-state index >= 15 is 0 Å². The van der Waals surface area contributed by atoms with Gasteiger partial charge in [0.15, 0.2) is 0 Å². The van der Waals surface area contributed by atoms with Crippen LogP contribution in [0.1, 0.15) is 43.5 Å². The number of hydrogen-bond acceptors (Lipinski definition) is 3. The summed E-state index contributed by atoms with van der Waals surface area (Å²) in [5.74, 6) is -0.160. The fourth-order valence-corrected chi connectivity index (χ4v) is 1.63. The highest BCUT2D eigenvalue weighted by Crippen LogP contribution is 2.10. The summed E-state index contributed by atoms with van der Waals surface area (Å²) < 4.78 is 0. The highest BCUT2D eigenvalue weighted by atomic mass is 16.2. The number of carbonyl (C=O) groups excluding carboxylic acids is 2. The summed E-state index contributed by atoms with van der Waals surface area (Å²) in [5, 5.41) is 5.58. The lowest BCUT2D eigenvalue weighted by Crippen LogP contribution is -2.24. The zero-order valence-corrected chi connectivity index (χ0v) is 12.1. The van der Waals surface area contributed by atoms with Crippen LogP contribution in [0.25, 0.3) is 0 Å². The molecule has 5 heteroatoms. The van der Waals surface area contributed by atoms with E-state index in [4.69, 9.17) is 5.73 Å². The topological polar surface area (TPSA) is 84.2 Å². The summed E-state index contributed by atoms with van der Waals surface area (Å²) in [5.41, 5.74) is 6.88. The number of benzene rings is 1. The van der Waals surface area contributed by atoms with E-state index in [0.717, 1.165) is 6.42 Å². The molecule has 0 saturated carbocycles. The maximum atomic E-state index is 11.7. The van der Waals surface area contributed by atoms with Gasteiger partial charge >= 0.3 is 0 Å². The Morgan fingerprint density at radius 1 is 1.25 bits per heavy atom. The number of anilines is 1. The Bertz CT molecular complexity index is 441. The lowest BCUT2D eigenvalue weighted by molar-refractivity contribution is -0.116. The molecule has 0 aliphatic heterocycles. The maximum Gasteiger partial charge on any atom is 0.251 e. The van der Waals surface area contributed by atoms with Crippen molar-refractivity contribution in [3.63, 3.8) is 0 Å². The van der Waals surface area contributed by atoms with Crippen molar-refractivity contribution in [3.8, 4) is 0 Å². The van der Waals surface area contributed by atoms with Crippen LogP contribution in [0.5, 0.6) is 0 Å². The summed E-state index contributed by atoms with van der Waals surface area (Å²) in [6.45, 7) is 4.53. The van der Waals surface area contributed by atoms with E-state index < -0.39 is 0 Å². The Balaban J connectivity index is 2.50. The van der Waals surface area contributed by atoms with Gasteiger partial charge < -0.3 is 16.4 Å². The fourth-order valence-electron chi connectivity index (χ4n) is 1.63. The molecule has 1 unspecified atom stereocenters. The molecular weight excluding hydrogens is 254 g/mol. The van der Waals surface area contributed by atoms with Crippen LogP contribution in [0.2, 0.25) is 0 Å². The van der Waals surface area contributed by atoms with Crippen LogP contribution in [0.15, 0.2) is 24.3 Å². The van der Waals surface area contributed by atoms with Crippen molar-refractivity contribution in [2.75, 3.05) is 11.9 Å². The summed E-state index contributed by atoms with van der Waals surface area (Å²) in [4.78, 5) is 23.3. The van der Waals surface area contributed by atoms with Crippen LogP contribution in [0, 0.1) is 0 Å². The smallest absolute Gasteiger partial charge is 0.251 e.